The maximum atomic E-state index is 11.8. The van der Waals surface area contributed by atoms with Crippen LogP contribution in [-0.2, 0) is 0 Å². The van der Waals surface area contributed by atoms with Gasteiger partial charge >= 0.3 is 0 Å². The fraction of sp³-hybridized carbons (Fsp3) is 0. The molecule has 6 heteroatoms. The van der Waals surface area contributed by atoms with Crippen LogP contribution in [0.2, 0.25) is 0 Å². The van der Waals surface area contributed by atoms with E-state index in [2.05, 4.69) is 25.5 Å². The number of aromatic nitrogens is 4. The Balaban J connectivity index is 1.86. The molecule has 1 aromatic carbocycles. The second-order valence-corrected chi connectivity index (χ2v) is 3.67. The van der Waals surface area contributed by atoms with Crippen LogP contribution >= 0.6 is 0 Å². The van der Waals surface area contributed by atoms with Crippen molar-refractivity contribution < 1.29 is 4.79 Å². The predicted octanol–water partition coefficient (Wildman–Crippen LogP) is 1.61. The number of benzene rings is 1. The van der Waals surface area contributed by atoms with Gasteiger partial charge in [0.25, 0.3) is 5.91 Å². The summed E-state index contributed by atoms with van der Waals surface area (Å²) in [5.74, 6) is 0.0500. The van der Waals surface area contributed by atoms with E-state index in [9.17, 15) is 4.79 Å². The number of carbonyl (C=O) groups excluding carboxylic acids is 1. The number of anilines is 1. The molecule has 0 spiro atoms. The van der Waals surface area contributed by atoms with Crippen molar-refractivity contribution in [3.8, 4) is 0 Å². The lowest BCUT2D eigenvalue weighted by Gasteiger charge is -1.98. The summed E-state index contributed by atoms with van der Waals surface area (Å²) in [6.07, 6.45) is 1.51. The normalized spacial score (nSPS) is 10.4. The number of H-pyrrole nitrogens is 1. The Morgan fingerprint density at radius 3 is 2.83 bits per heavy atom. The third-order valence-corrected chi connectivity index (χ3v) is 2.43. The zero-order valence-corrected chi connectivity index (χ0v) is 9.29. The maximum absolute atomic E-state index is 11.8. The second kappa shape index (κ2) is 4.25. The summed E-state index contributed by atoms with van der Waals surface area (Å²) in [5, 5.41) is 10.0. The molecule has 2 N–H and O–H groups in total. The van der Waals surface area contributed by atoms with Gasteiger partial charge in [0, 0.05) is 6.20 Å². The molecule has 6 nitrogen and oxygen atoms in total. The van der Waals surface area contributed by atoms with Crippen LogP contribution in [0.25, 0.3) is 11.0 Å². The molecule has 0 saturated heterocycles. The highest BCUT2D eigenvalue weighted by Crippen LogP contribution is 2.13. The van der Waals surface area contributed by atoms with Gasteiger partial charge in [-0.05, 0) is 24.3 Å². The number of nitrogens with zero attached hydrogens (tertiary/aromatic N) is 3. The average molecular weight is 239 g/mol. The van der Waals surface area contributed by atoms with Crippen molar-refractivity contribution in [3.63, 3.8) is 0 Å². The molecular formula is C12H9N5O. The van der Waals surface area contributed by atoms with Gasteiger partial charge in [0.15, 0.2) is 5.69 Å². The number of amides is 1. The van der Waals surface area contributed by atoms with E-state index < -0.39 is 0 Å². The number of hydrogen-bond acceptors (Lipinski definition) is 4. The average Bonchev–Trinajstić information content (AvgIpc) is 2.82. The molecule has 0 radical (unpaired) electrons. The summed E-state index contributed by atoms with van der Waals surface area (Å²) in [4.78, 5) is 19.1. The molecule has 0 aliphatic heterocycles. The smallest absolute Gasteiger partial charge is 0.278 e. The lowest BCUT2D eigenvalue weighted by atomic mass is 10.3. The van der Waals surface area contributed by atoms with Gasteiger partial charge in [-0.25, -0.2) is 4.98 Å². The van der Waals surface area contributed by atoms with Crippen molar-refractivity contribution in [2.75, 3.05) is 5.32 Å². The lowest BCUT2D eigenvalue weighted by Crippen LogP contribution is -2.14. The van der Waals surface area contributed by atoms with E-state index in [0.717, 1.165) is 11.0 Å². The number of nitrogens with one attached hydrogen (secondary N) is 2. The molecule has 1 amide bonds. The van der Waals surface area contributed by atoms with Crippen molar-refractivity contribution >= 4 is 22.9 Å². The van der Waals surface area contributed by atoms with Gasteiger partial charge in [0.1, 0.15) is 0 Å². The molecule has 0 aliphatic rings. The van der Waals surface area contributed by atoms with Gasteiger partial charge in [0.05, 0.1) is 11.0 Å². The first-order valence-electron chi connectivity index (χ1n) is 5.37. The Bertz CT molecular complexity index is 659. The Hall–Kier alpha value is -2.76. The highest BCUT2D eigenvalue weighted by atomic mass is 16.2. The van der Waals surface area contributed by atoms with E-state index in [-0.39, 0.29) is 11.6 Å². The summed E-state index contributed by atoms with van der Waals surface area (Å²) in [7, 11) is 0. The SMILES string of the molecule is O=C(Nc1nc2ccccc2[nH]1)c1cccnn1. The second-order valence-electron chi connectivity index (χ2n) is 3.67. The molecule has 0 unspecified atom stereocenters. The van der Waals surface area contributed by atoms with Crippen molar-refractivity contribution in [2.45, 2.75) is 0 Å². The predicted molar refractivity (Wildman–Crippen MR) is 66.1 cm³/mol. The molecule has 0 atom stereocenters. The van der Waals surface area contributed by atoms with E-state index in [0.29, 0.717) is 5.95 Å². The minimum absolute atomic E-state index is 0.248. The highest BCUT2D eigenvalue weighted by molar-refractivity contribution is 6.02. The van der Waals surface area contributed by atoms with Gasteiger partial charge in [-0.1, -0.05) is 12.1 Å². The van der Waals surface area contributed by atoms with Crippen LogP contribution in [0, 0.1) is 0 Å². The Morgan fingerprint density at radius 1 is 1.17 bits per heavy atom. The molecule has 3 aromatic rings. The van der Waals surface area contributed by atoms with Crippen LogP contribution in [0.15, 0.2) is 42.6 Å². The van der Waals surface area contributed by atoms with Crippen LogP contribution in [0.5, 0.6) is 0 Å². The van der Waals surface area contributed by atoms with Crippen molar-refractivity contribution in [2.24, 2.45) is 0 Å². The van der Waals surface area contributed by atoms with Gasteiger partial charge in [-0.2, -0.15) is 5.10 Å². The third kappa shape index (κ3) is 1.91. The first-order valence-corrected chi connectivity index (χ1v) is 5.37. The van der Waals surface area contributed by atoms with Crippen molar-refractivity contribution in [3.05, 3.63) is 48.3 Å². The summed E-state index contributed by atoms with van der Waals surface area (Å²) in [6, 6.07) is 10.8. The number of aromatic amines is 1. The van der Waals surface area contributed by atoms with Gasteiger partial charge in [-0.15, -0.1) is 5.10 Å². The topological polar surface area (TPSA) is 83.6 Å². The molecule has 18 heavy (non-hydrogen) atoms. The minimum Gasteiger partial charge on any atom is -0.324 e. The minimum atomic E-state index is -0.345. The molecule has 2 aromatic heterocycles. The Labute approximate surface area is 102 Å². The Morgan fingerprint density at radius 2 is 2.06 bits per heavy atom. The largest absolute Gasteiger partial charge is 0.324 e. The van der Waals surface area contributed by atoms with Gasteiger partial charge in [-0.3, -0.25) is 10.1 Å². The monoisotopic (exact) mass is 239 g/mol. The van der Waals surface area contributed by atoms with Crippen LogP contribution in [0.1, 0.15) is 10.5 Å². The standard InChI is InChI=1S/C12H9N5O/c18-11(10-6-3-7-13-17-10)16-12-14-8-4-1-2-5-9(8)15-12/h1-7H,(H2,14,15,16,18). The van der Waals surface area contributed by atoms with Crippen LogP contribution in [0.3, 0.4) is 0 Å². The van der Waals surface area contributed by atoms with E-state index in [4.69, 9.17) is 0 Å². The number of para-hydroxylation sites is 2. The maximum Gasteiger partial charge on any atom is 0.278 e. The zero-order chi connectivity index (χ0) is 12.4. The molecule has 0 fully saturated rings. The van der Waals surface area contributed by atoms with E-state index >= 15 is 0 Å². The van der Waals surface area contributed by atoms with E-state index in [1.807, 2.05) is 24.3 Å². The van der Waals surface area contributed by atoms with Crippen LogP contribution in [0.4, 0.5) is 5.95 Å². The molecule has 0 bridgehead atoms. The van der Waals surface area contributed by atoms with Crippen LogP contribution < -0.4 is 5.32 Å². The quantitative estimate of drug-likeness (QED) is 0.711. The Kier molecular flexibility index (Phi) is 2.45. The number of hydrogen-bond donors (Lipinski definition) is 2. The summed E-state index contributed by atoms with van der Waals surface area (Å²) < 4.78 is 0. The summed E-state index contributed by atoms with van der Waals surface area (Å²) >= 11 is 0. The summed E-state index contributed by atoms with van der Waals surface area (Å²) in [5.41, 5.74) is 1.91. The summed E-state index contributed by atoms with van der Waals surface area (Å²) in [6.45, 7) is 0. The van der Waals surface area contributed by atoms with Crippen LogP contribution in [-0.4, -0.2) is 26.1 Å². The number of fused-ring (bicyclic) bond motifs is 1. The highest BCUT2D eigenvalue weighted by Gasteiger charge is 2.09. The first kappa shape index (κ1) is 10.4. The lowest BCUT2D eigenvalue weighted by molar-refractivity contribution is 0.102. The van der Waals surface area contributed by atoms with Gasteiger partial charge in [0.2, 0.25) is 5.95 Å². The fourth-order valence-corrected chi connectivity index (χ4v) is 1.61. The number of imidazole rings is 1. The molecule has 2 heterocycles. The van der Waals surface area contributed by atoms with Crippen molar-refractivity contribution in [1.29, 1.82) is 0 Å². The van der Waals surface area contributed by atoms with E-state index in [1.54, 1.807) is 12.1 Å². The molecule has 3 rings (SSSR count). The zero-order valence-electron chi connectivity index (χ0n) is 9.29. The van der Waals surface area contributed by atoms with Crippen molar-refractivity contribution in [1.82, 2.24) is 20.2 Å². The molecule has 0 aliphatic carbocycles. The van der Waals surface area contributed by atoms with E-state index in [1.165, 1.54) is 6.20 Å². The molecular weight excluding hydrogens is 230 g/mol. The molecule has 88 valence electrons. The number of rotatable bonds is 2. The number of carbonyl (C=O) groups is 1. The molecule has 0 saturated carbocycles. The third-order valence-electron chi connectivity index (χ3n) is 2.43. The van der Waals surface area contributed by atoms with Gasteiger partial charge < -0.3 is 4.98 Å². The first-order chi connectivity index (χ1) is 8.83. The fourth-order valence-electron chi connectivity index (χ4n) is 1.61.